The Morgan fingerprint density at radius 3 is 2.67 bits per heavy atom. The van der Waals surface area contributed by atoms with E-state index in [1.165, 1.54) is 6.08 Å². The van der Waals surface area contributed by atoms with E-state index in [1.807, 2.05) is 19.1 Å². The lowest BCUT2D eigenvalue weighted by atomic mass is 10.0. The maximum atomic E-state index is 11.6. The van der Waals surface area contributed by atoms with Crippen LogP contribution < -0.4 is 0 Å². The molecule has 0 fully saturated rings. The van der Waals surface area contributed by atoms with Crippen molar-refractivity contribution in [1.29, 1.82) is 0 Å². The molecule has 1 heterocycles. The number of cyclic esters (lactones) is 1. The minimum atomic E-state index is -2.49. The molecule has 0 aromatic heterocycles. The molecule has 0 spiro atoms. The summed E-state index contributed by atoms with van der Waals surface area (Å²) in [6.45, 7) is 8.90. The van der Waals surface area contributed by atoms with Crippen LogP contribution in [0.4, 0.5) is 0 Å². The van der Waals surface area contributed by atoms with Gasteiger partial charge >= 0.3 is 5.97 Å². The van der Waals surface area contributed by atoms with Crippen LogP contribution >= 0.6 is 7.37 Å². The van der Waals surface area contributed by atoms with E-state index in [0.29, 0.717) is 18.6 Å². The van der Waals surface area contributed by atoms with Crippen LogP contribution in [0.1, 0.15) is 13.3 Å². The monoisotopic (exact) mass is 270 g/mol. The molecule has 4 nitrogen and oxygen atoms in total. The molecule has 5 heteroatoms. The molecule has 0 aromatic rings. The maximum absolute atomic E-state index is 11.6. The summed E-state index contributed by atoms with van der Waals surface area (Å²) in [4.78, 5) is 11.6. The Labute approximate surface area is 108 Å². The first-order valence-electron chi connectivity index (χ1n) is 5.79. The van der Waals surface area contributed by atoms with Crippen molar-refractivity contribution < 1.29 is 18.6 Å². The molecule has 0 saturated carbocycles. The van der Waals surface area contributed by atoms with Gasteiger partial charge in [-0.05, 0) is 6.92 Å². The van der Waals surface area contributed by atoms with Gasteiger partial charge in [-0.25, -0.2) is 4.79 Å². The molecule has 18 heavy (non-hydrogen) atoms. The van der Waals surface area contributed by atoms with Crippen LogP contribution in [0.2, 0.25) is 0 Å². The summed E-state index contributed by atoms with van der Waals surface area (Å²) in [5.41, 5.74) is 1.30. The second kappa shape index (κ2) is 6.17. The first-order valence-corrected chi connectivity index (χ1v) is 8.30. The van der Waals surface area contributed by atoms with Crippen LogP contribution in [0.3, 0.4) is 0 Å². The third-order valence-electron chi connectivity index (χ3n) is 2.46. The number of allylic oxidation sites excluding steroid dienone is 1. The lowest BCUT2D eigenvalue weighted by Gasteiger charge is -2.13. The Morgan fingerprint density at radius 2 is 2.17 bits per heavy atom. The lowest BCUT2D eigenvalue weighted by Crippen LogP contribution is -2.13. The van der Waals surface area contributed by atoms with Gasteiger partial charge in [-0.1, -0.05) is 24.8 Å². The zero-order valence-electron chi connectivity index (χ0n) is 11.0. The fourth-order valence-corrected chi connectivity index (χ4v) is 2.26. The molecule has 0 aliphatic carbocycles. The van der Waals surface area contributed by atoms with Gasteiger partial charge in [0.1, 0.15) is 6.10 Å². The van der Waals surface area contributed by atoms with Crippen molar-refractivity contribution in [1.82, 2.24) is 0 Å². The summed E-state index contributed by atoms with van der Waals surface area (Å²) in [6.07, 6.45) is 5.34. The molecule has 0 aromatic carbocycles. The van der Waals surface area contributed by atoms with Gasteiger partial charge in [-0.2, -0.15) is 0 Å². The average Bonchev–Trinajstić information content (AvgIpc) is 2.54. The van der Waals surface area contributed by atoms with Crippen molar-refractivity contribution in [3.63, 3.8) is 0 Å². The zero-order chi connectivity index (χ0) is 13.8. The van der Waals surface area contributed by atoms with E-state index in [9.17, 15) is 9.36 Å². The largest absolute Gasteiger partial charge is 0.454 e. The molecule has 1 aliphatic heterocycles. The van der Waals surface area contributed by atoms with Gasteiger partial charge in [0.2, 0.25) is 0 Å². The highest BCUT2D eigenvalue weighted by Gasteiger charge is 2.30. The van der Waals surface area contributed by atoms with Gasteiger partial charge in [-0.15, -0.1) is 0 Å². The van der Waals surface area contributed by atoms with E-state index in [2.05, 4.69) is 6.58 Å². The van der Waals surface area contributed by atoms with Crippen molar-refractivity contribution in [3.05, 3.63) is 36.0 Å². The Kier molecular flexibility index (Phi) is 5.12. The van der Waals surface area contributed by atoms with E-state index in [4.69, 9.17) is 9.26 Å². The molecule has 0 radical (unpaired) electrons. The van der Waals surface area contributed by atoms with E-state index >= 15 is 0 Å². The molecule has 0 bridgehead atoms. The van der Waals surface area contributed by atoms with Gasteiger partial charge in [0.15, 0.2) is 7.37 Å². The van der Waals surface area contributed by atoms with E-state index in [-0.39, 0.29) is 12.1 Å². The van der Waals surface area contributed by atoms with Gasteiger partial charge < -0.3 is 9.26 Å². The maximum Gasteiger partial charge on any atom is 0.339 e. The molecular weight excluding hydrogens is 251 g/mol. The van der Waals surface area contributed by atoms with Crippen LogP contribution in [-0.4, -0.2) is 32.0 Å². The predicted molar refractivity (Wildman–Crippen MR) is 71.9 cm³/mol. The minimum absolute atomic E-state index is 0.299. The van der Waals surface area contributed by atoms with Crippen LogP contribution in [0.25, 0.3) is 0 Å². The quantitative estimate of drug-likeness (QED) is 0.550. The van der Waals surface area contributed by atoms with Crippen molar-refractivity contribution in [2.75, 3.05) is 19.9 Å². The molecule has 1 atom stereocenters. The Hall–Kier alpha value is -1.12. The first-order chi connectivity index (χ1) is 8.39. The molecule has 0 N–H and O–H groups in total. The van der Waals surface area contributed by atoms with Crippen LogP contribution in [0, 0.1) is 0 Å². The molecule has 0 amide bonds. The highest BCUT2D eigenvalue weighted by Crippen LogP contribution is 2.38. The van der Waals surface area contributed by atoms with Crippen LogP contribution in [0.15, 0.2) is 36.0 Å². The molecular formula is C13H19O4P. The lowest BCUT2D eigenvalue weighted by molar-refractivity contribution is -0.139. The van der Waals surface area contributed by atoms with Gasteiger partial charge in [-0.3, -0.25) is 4.57 Å². The molecule has 100 valence electrons. The van der Waals surface area contributed by atoms with Gasteiger partial charge in [0.25, 0.3) is 0 Å². The normalized spacial score (nSPS) is 20.6. The van der Waals surface area contributed by atoms with E-state index in [1.54, 1.807) is 13.3 Å². The molecule has 0 saturated heterocycles. The smallest absolute Gasteiger partial charge is 0.339 e. The van der Waals surface area contributed by atoms with Gasteiger partial charge in [0.05, 0.1) is 12.2 Å². The Balaban J connectivity index is 2.72. The second-order valence-corrected chi connectivity index (χ2v) is 7.10. The van der Waals surface area contributed by atoms with Crippen LogP contribution in [-0.2, 0) is 18.6 Å². The summed E-state index contributed by atoms with van der Waals surface area (Å²) in [6, 6.07) is 0. The number of rotatable bonds is 6. The Morgan fingerprint density at radius 1 is 1.50 bits per heavy atom. The number of ether oxygens (including phenoxy) is 1. The average molecular weight is 270 g/mol. The van der Waals surface area contributed by atoms with E-state index in [0.717, 1.165) is 5.57 Å². The van der Waals surface area contributed by atoms with Crippen molar-refractivity contribution in [3.8, 4) is 0 Å². The van der Waals surface area contributed by atoms with Crippen LogP contribution in [0.5, 0.6) is 0 Å². The number of carbonyl (C=O) groups is 1. The first kappa shape index (κ1) is 14.9. The zero-order valence-corrected chi connectivity index (χ0v) is 11.9. The van der Waals surface area contributed by atoms with Gasteiger partial charge in [0, 0.05) is 25.3 Å². The minimum Gasteiger partial charge on any atom is -0.454 e. The molecule has 1 unspecified atom stereocenters. The third kappa shape index (κ3) is 3.97. The number of carbonyl (C=O) groups excluding carboxylic acids is 1. The molecule has 1 rings (SSSR count). The van der Waals surface area contributed by atoms with E-state index < -0.39 is 7.37 Å². The standard InChI is InChI=1S/C13H19O4P/c1-5-7-11-10(6-2)13(14)17-12(11)8-9-16-18(3,4)15/h5-7,12H,2,8-9H2,1,3-4H3/b7-5-. The Bertz CT molecular complexity index is 442. The SMILES string of the molecule is C=CC1=C(/C=C\C)C(CCOP(C)(C)=O)OC1=O. The second-order valence-electron chi connectivity index (χ2n) is 4.34. The highest BCUT2D eigenvalue weighted by atomic mass is 31.2. The summed E-state index contributed by atoms with van der Waals surface area (Å²) >= 11 is 0. The van der Waals surface area contributed by atoms with Crippen molar-refractivity contribution >= 4 is 13.3 Å². The summed E-state index contributed by atoms with van der Waals surface area (Å²) in [5.74, 6) is -0.362. The topological polar surface area (TPSA) is 52.6 Å². The highest BCUT2D eigenvalue weighted by molar-refractivity contribution is 7.57. The van der Waals surface area contributed by atoms with Crippen molar-refractivity contribution in [2.24, 2.45) is 0 Å². The summed E-state index contributed by atoms with van der Waals surface area (Å²) < 4.78 is 21.9. The summed E-state index contributed by atoms with van der Waals surface area (Å²) in [7, 11) is -2.49. The number of hydrogen-bond donors (Lipinski definition) is 0. The predicted octanol–water partition coefficient (Wildman–Crippen LogP) is 2.91. The number of esters is 1. The fourth-order valence-electron chi connectivity index (χ4n) is 1.72. The van der Waals surface area contributed by atoms with Crippen molar-refractivity contribution in [2.45, 2.75) is 19.4 Å². The number of hydrogen-bond acceptors (Lipinski definition) is 4. The molecule has 1 aliphatic rings. The summed E-state index contributed by atoms with van der Waals surface area (Å²) in [5, 5.41) is 0. The fraction of sp³-hybridized carbons (Fsp3) is 0.462. The third-order valence-corrected chi connectivity index (χ3v) is 3.26.